The van der Waals surface area contributed by atoms with Gasteiger partial charge in [0.15, 0.2) is 0 Å². The van der Waals surface area contributed by atoms with Crippen molar-refractivity contribution < 1.29 is 28.9 Å². The molecule has 0 amide bonds. The molecule has 1 aliphatic rings. The van der Waals surface area contributed by atoms with Crippen LogP contribution in [-0.2, 0) is 28.0 Å². The van der Waals surface area contributed by atoms with E-state index in [-0.39, 0.29) is 17.2 Å². The fourth-order valence-electron chi connectivity index (χ4n) is 6.76. The summed E-state index contributed by atoms with van der Waals surface area (Å²) in [6.45, 7) is 18.3. The van der Waals surface area contributed by atoms with Crippen molar-refractivity contribution >= 4 is 17.5 Å². The predicted octanol–water partition coefficient (Wildman–Crippen LogP) is 11.0. The molecule has 0 aliphatic carbocycles. The highest BCUT2D eigenvalue weighted by Gasteiger charge is 2.36. The zero-order chi connectivity index (χ0) is 36.2. The summed E-state index contributed by atoms with van der Waals surface area (Å²) in [7, 11) is 0. The molecule has 6 nitrogen and oxygen atoms in total. The van der Waals surface area contributed by atoms with Gasteiger partial charge in [0, 0.05) is 5.56 Å². The van der Waals surface area contributed by atoms with Gasteiger partial charge in [0.05, 0.1) is 11.1 Å². The average molecular weight is 675 g/mol. The topological polar surface area (TPSA) is 82.1 Å². The minimum atomic E-state index is -1.19. The summed E-state index contributed by atoms with van der Waals surface area (Å²) < 4.78 is 18.4. The average Bonchev–Trinajstić information content (AvgIpc) is 3.04. The zero-order valence-electron chi connectivity index (χ0n) is 30.6. The van der Waals surface area contributed by atoms with Crippen molar-refractivity contribution in [1.29, 1.82) is 0 Å². The molecule has 0 spiro atoms. The molecule has 262 valence electrons. The van der Waals surface area contributed by atoms with E-state index in [1.165, 1.54) is 0 Å². The van der Waals surface area contributed by atoms with E-state index >= 15 is 0 Å². The molecule has 1 N–H and O–H groups in total. The van der Waals surface area contributed by atoms with Gasteiger partial charge in [0.25, 0.3) is 0 Å². The Morgan fingerprint density at radius 1 is 0.740 bits per heavy atom. The molecule has 4 aromatic carbocycles. The molecule has 4 aromatic rings. The number of phenolic OH excluding ortho intramolecular Hbond substituents is 1. The van der Waals surface area contributed by atoms with Crippen LogP contribution in [0.25, 0.3) is 27.8 Å². The highest BCUT2D eigenvalue weighted by Crippen LogP contribution is 2.50. The van der Waals surface area contributed by atoms with Gasteiger partial charge in [-0.15, -0.1) is 0 Å². The van der Waals surface area contributed by atoms with Crippen LogP contribution < -0.4 is 14.2 Å². The number of benzene rings is 4. The Bertz CT molecular complexity index is 1930. The predicted molar refractivity (Wildman–Crippen MR) is 201 cm³/mol. The summed E-state index contributed by atoms with van der Waals surface area (Å²) in [5, 5.41) is 11.4. The van der Waals surface area contributed by atoms with Crippen molar-refractivity contribution in [3.8, 4) is 45.3 Å². The lowest BCUT2D eigenvalue weighted by Gasteiger charge is -2.36. The Balaban J connectivity index is 1.55. The van der Waals surface area contributed by atoms with Crippen LogP contribution in [0.15, 0.2) is 67.2 Å². The molecule has 0 bridgehead atoms. The second-order valence-electron chi connectivity index (χ2n) is 14.1. The van der Waals surface area contributed by atoms with Gasteiger partial charge in [-0.25, -0.2) is 9.59 Å². The lowest BCUT2D eigenvalue weighted by atomic mass is 9.84. The third-order valence-electron chi connectivity index (χ3n) is 9.34. The monoisotopic (exact) mass is 674 g/mol. The first-order chi connectivity index (χ1) is 23.8. The van der Waals surface area contributed by atoms with Crippen molar-refractivity contribution in [2.24, 2.45) is 0 Å². The molecule has 1 aliphatic heterocycles. The SMILES string of the molecule is C=C(C)c1ccc(C)cc1-c1c(O)cc(CCCCC)cc1OC(=O)C(=O)Oc1cc(CCCCC)cc2c1-c1cc(C)ccc1C(C)(C)O2. The normalized spacial score (nSPS) is 12.8. The molecular formula is C44H50O6. The zero-order valence-corrected chi connectivity index (χ0v) is 30.6. The minimum Gasteiger partial charge on any atom is -0.507 e. The lowest BCUT2D eigenvalue weighted by molar-refractivity contribution is -0.156. The number of unbranched alkanes of at least 4 members (excludes halogenated alkanes) is 4. The maximum atomic E-state index is 13.7. The molecule has 0 saturated heterocycles. The first-order valence-electron chi connectivity index (χ1n) is 17.9. The minimum absolute atomic E-state index is 0.0381. The molecule has 1 heterocycles. The Morgan fingerprint density at radius 3 is 1.86 bits per heavy atom. The third kappa shape index (κ3) is 7.96. The second kappa shape index (κ2) is 15.4. The summed E-state index contributed by atoms with van der Waals surface area (Å²) in [5.41, 5.74) is 8.20. The number of carbonyl (C=O) groups is 2. The van der Waals surface area contributed by atoms with Crippen LogP contribution in [0.1, 0.15) is 107 Å². The maximum Gasteiger partial charge on any atom is 0.423 e. The number of phenols is 1. The number of rotatable bonds is 12. The Labute approximate surface area is 297 Å². The van der Waals surface area contributed by atoms with Crippen LogP contribution in [-0.4, -0.2) is 17.0 Å². The van der Waals surface area contributed by atoms with E-state index in [1.807, 2.05) is 77.1 Å². The van der Waals surface area contributed by atoms with Gasteiger partial charge in [-0.1, -0.05) is 99.2 Å². The van der Waals surface area contributed by atoms with Crippen LogP contribution in [0.4, 0.5) is 0 Å². The summed E-state index contributed by atoms with van der Waals surface area (Å²) in [6, 6.07) is 19.3. The second-order valence-corrected chi connectivity index (χ2v) is 14.1. The number of allylic oxidation sites excluding steroid dienone is 1. The van der Waals surface area contributed by atoms with Crippen molar-refractivity contribution in [3.63, 3.8) is 0 Å². The summed E-state index contributed by atoms with van der Waals surface area (Å²) in [4.78, 5) is 27.4. The molecule has 0 radical (unpaired) electrons. The first-order valence-corrected chi connectivity index (χ1v) is 17.9. The molecule has 0 aromatic heterocycles. The van der Waals surface area contributed by atoms with Crippen LogP contribution in [0, 0.1) is 13.8 Å². The largest absolute Gasteiger partial charge is 0.507 e. The number of aryl methyl sites for hydroxylation is 4. The molecule has 6 heteroatoms. The van der Waals surface area contributed by atoms with Crippen molar-refractivity contribution in [3.05, 3.63) is 101 Å². The molecule has 0 unspecified atom stereocenters. The molecule has 0 atom stereocenters. The van der Waals surface area contributed by atoms with E-state index in [2.05, 4.69) is 26.5 Å². The van der Waals surface area contributed by atoms with Gasteiger partial charge in [-0.05, 0) is 112 Å². The van der Waals surface area contributed by atoms with Crippen LogP contribution >= 0.6 is 0 Å². The van der Waals surface area contributed by atoms with E-state index in [9.17, 15) is 14.7 Å². The number of fused-ring (bicyclic) bond motifs is 3. The highest BCUT2D eigenvalue weighted by atomic mass is 16.6. The number of esters is 2. The summed E-state index contributed by atoms with van der Waals surface area (Å²) in [6.07, 6.45) is 7.53. The van der Waals surface area contributed by atoms with Crippen LogP contribution in [0.5, 0.6) is 23.0 Å². The Hall–Kier alpha value is -4.84. The van der Waals surface area contributed by atoms with Gasteiger partial charge in [-0.3, -0.25) is 0 Å². The fraction of sp³-hybridized carbons (Fsp3) is 0.364. The number of ether oxygens (including phenoxy) is 3. The van der Waals surface area contributed by atoms with Gasteiger partial charge < -0.3 is 19.3 Å². The molecular weight excluding hydrogens is 624 g/mol. The number of hydrogen-bond acceptors (Lipinski definition) is 6. The van der Waals surface area contributed by atoms with Crippen molar-refractivity contribution in [2.75, 3.05) is 0 Å². The third-order valence-corrected chi connectivity index (χ3v) is 9.34. The van der Waals surface area contributed by atoms with E-state index in [1.54, 1.807) is 12.1 Å². The quantitative estimate of drug-likeness (QED) is 0.0697. The van der Waals surface area contributed by atoms with Crippen molar-refractivity contribution in [2.45, 2.75) is 105 Å². The van der Waals surface area contributed by atoms with Crippen molar-refractivity contribution in [1.82, 2.24) is 0 Å². The van der Waals surface area contributed by atoms with Gasteiger partial charge in [0.1, 0.15) is 28.6 Å². The number of aromatic hydroxyl groups is 1. The Kier molecular flexibility index (Phi) is 11.2. The van der Waals surface area contributed by atoms with Crippen LogP contribution in [0.2, 0.25) is 0 Å². The van der Waals surface area contributed by atoms with Crippen LogP contribution in [0.3, 0.4) is 0 Å². The first kappa shape index (κ1) is 36.4. The highest BCUT2D eigenvalue weighted by molar-refractivity contribution is 6.31. The van der Waals surface area contributed by atoms with Gasteiger partial charge in [-0.2, -0.15) is 0 Å². The molecule has 0 fully saturated rings. The van der Waals surface area contributed by atoms with E-state index in [4.69, 9.17) is 14.2 Å². The Morgan fingerprint density at radius 2 is 1.28 bits per heavy atom. The summed E-state index contributed by atoms with van der Waals surface area (Å²) in [5.74, 6) is -1.44. The van der Waals surface area contributed by atoms with Gasteiger partial charge >= 0.3 is 11.9 Å². The fourth-order valence-corrected chi connectivity index (χ4v) is 6.76. The van der Waals surface area contributed by atoms with E-state index in [0.717, 1.165) is 89.5 Å². The smallest absolute Gasteiger partial charge is 0.423 e. The van der Waals surface area contributed by atoms with E-state index < -0.39 is 17.5 Å². The standard InChI is InChI=1S/C44H50O6/c1-9-11-13-15-30-23-36(45)40(33-21-28(5)17-19-32(33)27(3)4)37(24-30)48-42(46)43(47)49-38-25-31(16-14-12-10-2)26-39-41(38)34-22-29(6)18-20-35(34)44(7,8)50-39/h17-26,45H,3,9-16H2,1-2,4-8H3. The molecule has 0 saturated carbocycles. The lowest BCUT2D eigenvalue weighted by Crippen LogP contribution is -2.30. The van der Waals surface area contributed by atoms with Gasteiger partial charge in [0.2, 0.25) is 0 Å². The maximum absolute atomic E-state index is 13.7. The van der Waals surface area contributed by atoms with E-state index in [0.29, 0.717) is 28.9 Å². The number of hydrogen-bond donors (Lipinski definition) is 1. The molecule has 5 rings (SSSR count). The molecule has 50 heavy (non-hydrogen) atoms. The number of carbonyl (C=O) groups excluding carboxylic acids is 2. The summed E-state index contributed by atoms with van der Waals surface area (Å²) >= 11 is 0.